The standard InChI is InChI=1S/C14H22O/c1-3-4-5-6-7-8-9-10-11-12-13-14(2)15/h4-5,7-8,10-11H,3,6,9,12-13H2,1-2H3/b5-4-,8-7+,11-10-. The number of hydrogen-bond donors (Lipinski definition) is 0. The first-order chi connectivity index (χ1) is 7.27. The van der Waals surface area contributed by atoms with Crippen LogP contribution in [0.25, 0.3) is 0 Å². The minimum Gasteiger partial charge on any atom is -0.300 e. The van der Waals surface area contributed by atoms with E-state index < -0.39 is 0 Å². The maximum Gasteiger partial charge on any atom is 0.130 e. The molecule has 0 fully saturated rings. The number of rotatable bonds is 8. The molecule has 1 nitrogen and oxygen atoms in total. The van der Waals surface area contributed by atoms with Crippen molar-refractivity contribution in [1.29, 1.82) is 0 Å². The fourth-order valence-electron chi connectivity index (χ4n) is 1.11. The van der Waals surface area contributed by atoms with Crippen LogP contribution in [0.15, 0.2) is 36.5 Å². The lowest BCUT2D eigenvalue weighted by Gasteiger charge is -1.87. The minimum atomic E-state index is 0.264. The summed E-state index contributed by atoms with van der Waals surface area (Å²) in [7, 11) is 0. The molecule has 0 aromatic rings. The fourth-order valence-corrected chi connectivity index (χ4v) is 1.11. The molecule has 0 amide bonds. The van der Waals surface area contributed by atoms with Crippen molar-refractivity contribution >= 4 is 5.78 Å². The molecule has 0 N–H and O–H groups in total. The molecule has 0 radical (unpaired) electrons. The molecule has 0 bridgehead atoms. The van der Waals surface area contributed by atoms with Crippen LogP contribution in [0.4, 0.5) is 0 Å². The van der Waals surface area contributed by atoms with Gasteiger partial charge in [-0.15, -0.1) is 0 Å². The van der Waals surface area contributed by atoms with Gasteiger partial charge in [0.15, 0.2) is 0 Å². The van der Waals surface area contributed by atoms with Gasteiger partial charge in [-0.2, -0.15) is 0 Å². The maximum atomic E-state index is 10.6. The Morgan fingerprint density at radius 3 is 2.00 bits per heavy atom. The summed E-state index contributed by atoms with van der Waals surface area (Å²) in [4.78, 5) is 10.6. The number of ketones is 1. The summed E-state index contributed by atoms with van der Waals surface area (Å²) in [5, 5.41) is 0. The van der Waals surface area contributed by atoms with E-state index >= 15 is 0 Å². The molecule has 84 valence electrons. The topological polar surface area (TPSA) is 17.1 Å². The van der Waals surface area contributed by atoms with Crippen LogP contribution >= 0.6 is 0 Å². The van der Waals surface area contributed by atoms with E-state index in [0.717, 1.165) is 25.7 Å². The summed E-state index contributed by atoms with van der Waals surface area (Å²) >= 11 is 0. The number of allylic oxidation sites excluding steroid dienone is 6. The third kappa shape index (κ3) is 12.9. The van der Waals surface area contributed by atoms with E-state index in [0.29, 0.717) is 6.42 Å². The summed E-state index contributed by atoms with van der Waals surface area (Å²) in [6.07, 6.45) is 17.5. The normalized spacial score (nSPS) is 12.1. The predicted molar refractivity (Wildman–Crippen MR) is 66.9 cm³/mol. The lowest BCUT2D eigenvalue weighted by Crippen LogP contribution is -1.85. The lowest BCUT2D eigenvalue weighted by atomic mass is 10.2. The molecule has 0 saturated heterocycles. The van der Waals surface area contributed by atoms with Crippen molar-refractivity contribution in [3.05, 3.63) is 36.5 Å². The monoisotopic (exact) mass is 206 g/mol. The summed E-state index contributed by atoms with van der Waals surface area (Å²) < 4.78 is 0. The molecular weight excluding hydrogens is 184 g/mol. The van der Waals surface area contributed by atoms with Crippen LogP contribution in [0.2, 0.25) is 0 Å². The molecule has 0 aliphatic heterocycles. The molecular formula is C14H22O. The molecule has 0 atom stereocenters. The number of hydrogen-bond acceptors (Lipinski definition) is 1. The van der Waals surface area contributed by atoms with Crippen molar-refractivity contribution in [3.8, 4) is 0 Å². The van der Waals surface area contributed by atoms with Crippen molar-refractivity contribution in [1.82, 2.24) is 0 Å². The van der Waals surface area contributed by atoms with Crippen molar-refractivity contribution in [2.45, 2.75) is 46.0 Å². The minimum absolute atomic E-state index is 0.264. The molecule has 0 heterocycles. The number of carbonyl (C=O) groups is 1. The van der Waals surface area contributed by atoms with Gasteiger partial charge in [-0.3, -0.25) is 0 Å². The maximum absolute atomic E-state index is 10.6. The Balaban J connectivity index is 3.36. The number of Topliss-reactive ketones (excluding diaryl/α,β-unsaturated/α-hetero) is 1. The largest absolute Gasteiger partial charge is 0.300 e. The van der Waals surface area contributed by atoms with E-state index in [2.05, 4.69) is 43.4 Å². The average Bonchev–Trinajstić information content (AvgIpc) is 2.20. The fraction of sp³-hybridized carbons (Fsp3) is 0.500. The molecule has 0 aliphatic rings. The zero-order chi connectivity index (χ0) is 11.4. The molecule has 0 aromatic carbocycles. The van der Waals surface area contributed by atoms with E-state index in [1.807, 2.05) is 0 Å². The Labute approximate surface area is 93.6 Å². The highest BCUT2D eigenvalue weighted by Crippen LogP contribution is 1.96. The van der Waals surface area contributed by atoms with E-state index in [9.17, 15) is 4.79 Å². The zero-order valence-corrected chi connectivity index (χ0v) is 9.91. The Morgan fingerprint density at radius 1 is 0.933 bits per heavy atom. The highest BCUT2D eigenvalue weighted by molar-refractivity contribution is 5.75. The second-order valence-electron chi connectivity index (χ2n) is 3.53. The molecule has 0 aliphatic carbocycles. The third-order valence-electron chi connectivity index (χ3n) is 1.94. The van der Waals surface area contributed by atoms with Crippen LogP contribution in [0.1, 0.15) is 46.0 Å². The highest BCUT2D eigenvalue weighted by Gasteiger charge is 1.87. The highest BCUT2D eigenvalue weighted by atomic mass is 16.1. The van der Waals surface area contributed by atoms with Crippen LogP contribution in [0.3, 0.4) is 0 Å². The van der Waals surface area contributed by atoms with Gasteiger partial charge in [-0.25, -0.2) is 0 Å². The Bertz CT molecular complexity index is 234. The van der Waals surface area contributed by atoms with Gasteiger partial charge < -0.3 is 4.79 Å². The molecule has 0 saturated carbocycles. The van der Waals surface area contributed by atoms with Gasteiger partial charge in [0.05, 0.1) is 0 Å². The Morgan fingerprint density at radius 2 is 1.47 bits per heavy atom. The van der Waals surface area contributed by atoms with Crippen LogP contribution in [-0.2, 0) is 4.79 Å². The first kappa shape index (κ1) is 13.9. The summed E-state index contributed by atoms with van der Waals surface area (Å²) in [6, 6.07) is 0. The Hall–Kier alpha value is -1.11. The molecule has 0 spiro atoms. The first-order valence-electron chi connectivity index (χ1n) is 5.71. The van der Waals surface area contributed by atoms with E-state index in [4.69, 9.17) is 0 Å². The summed E-state index contributed by atoms with van der Waals surface area (Å²) in [6.45, 7) is 3.77. The molecule has 0 unspecified atom stereocenters. The smallest absolute Gasteiger partial charge is 0.130 e. The van der Waals surface area contributed by atoms with Gasteiger partial charge in [0, 0.05) is 6.42 Å². The van der Waals surface area contributed by atoms with E-state index in [1.165, 1.54) is 0 Å². The van der Waals surface area contributed by atoms with Crippen LogP contribution in [0.5, 0.6) is 0 Å². The van der Waals surface area contributed by atoms with Gasteiger partial charge >= 0.3 is 0 Å². The second-order valence-corrected chi connectivity index (χ2v) is 3.53. The van der Waals surface area contributed by atoms with Gasteiger partial charge in [-0.05, 0) is 32.6 Å². The molecule has 0 aromatic heterocycles. The van der Waals surface area contributed by atoms with Crippen molar-refractivity contribution in [2.75, 3.05) is 0 Å². The van der Waals surface area contributed by atoms with Gasteiger partial charge in [0.1, 0.15) is 5.78 Å². The quantitative estimate of drug-likeness (QED) is 0.543. The summed E-state index contributed by atoms with van der Waals surface area (Å²) in [5.41, 5.74) is 0. The van der Waals surface area contributed by atoms with Crippen molar-refractivity contribution in [2.24, 2.45) is 0 Å². The van der Waals surface area contributed by atoms with Crippen LogP contribution in [-0.4, -0.2) is 5.78 Å². The zero-order valence-electron chi connectivity index (χ0n) is 9.91. The first-order valence-corrected chi connectivity index (χ1v) is 5.71. The third-order valence-corrected chi connectivity index (χ3v) is 1.94. The van der Waals surface area contributed by atoms with Crippen LogP contribution < -0.4 is 0 Å². The van der Waals surface area contributed by atoms with Gasteiger partial charge in [-0.1, -0.05) is 43.4 Å². The van der Waals surface area contributed by atoms with E-state index in [-0.39, 0.29) is 5.78 Å². The van der Waals surface area contributed by atoms with E-state index in [1.54, 1.807) is 6.92 Å². The Kier molecular flexibility index (Phi) is 10.2. The SMILES string of the molecule is CC/C=C\C/C=C/C/C=C\CCC(C)=O. The van der Waals surface area contributed by atoms with Crippen molar-refractivity contribution in [3.63, 3.8) is 0 Å². The van der Waals surface area contributed by atoms with Crippen molar-refractivity contribution < 1.29 is 4.79 Å². The van der Waals surface area contributed by atoms with Crippen LogP contribution in [0, 0.1) is 0 Å². The van der Waals surface area contributed by atoms with Gasteiger partial charge in [0.2, 0.25) is 0 Å². The molecule has 0 rings (SSSR count). The predicted octanol–water partition coefficient (Wildman–Crippen LogP) is 4.21. The lowest BCUT2D eigenvalue weighted by molar-refractivity contribution is -0.116. The summed E-state index contributed by atoms with van der Waals surface area (Å²) in [5.74, 6) is 0.264. The number of carbonyl (C=O) groups excluding carboxylic acids is 1. The average molecular weight is 206 g/mol. The molecule has 1 heteroatoms. The van der Waals surface area contributed by atoms with Gasteiger partial charge in [0.25, 0.3) is 0 Å². The second kappa shape index (κ2) is 11.0. The molecule has 15 heavy (non-hydrogen) atoms.